The molecule has 98 valence electrons. The van der Waals surface area contributed by atoms with E-state index in [0.29, 0.717) is 6.42 Å². The standard InChI is InChI=1S/C11H20N2O3S/c1-13(9-5-7-17(15,16)8-9)11(14)10-4-2-3-6-12-10/h9-10,12H,2-8H2,1H3/t9?,10-/m0/s1. The number of likely N-dealkylation sites (N-methyl/N-ethyl adjacent to an activating group) is 1. The first kappa shape index (κ1) is 12.8. The Bertz CT molecular complexity index is 388. The molecule has 2 atom stereocenters. The van der Waals surface area contributed by atoms with E-state index in [2.05, 4.69) is 5.32 Å². The van der Waals surface area contributed by atoms with Crippen LogP contribution in [0.3, 0.4) is 0 Å². The molecule has 0 aromatic heterocycles. The Hall–Kier alpha value is -0.620. The van der Waals surface area contributed by atoms with Gasteiger partial charge in [-0.3, -0.25) is 4.79 Å². The lowest BCUT2D eigenvalue weighted by Gasteiger charge is -2.30. The van der Waals surface area contributed by atoms with E-state index in [1.54, 1.807) is 11.9 Å². The van der Waals surface area contributed by atoms with Gasteiger partial charge in [-0.2, -0.15) is 0 Å². The highest BCUT2D eigenvalue weighted by Crippen LogP contribution is 2.18. The van der Waals surface area contributed by atoms with Gasteiger partial charge in [0.2, 0.25) is 5.91 Å². The summed E-state index contributed by atoms with van der Waals surface area (Å²) in [5, 5.41) is 3.20. The van der Waals surface area contributed by atoms with Crippen molar-refractivity contribution in [3.8, 4) is 0 Å². The Balaban J connectivity index is 1.95. The van der Waals surface area contributed by atoms with Crippen molar-refractivity contribution in [1.82, 2.24) is 10.2 Å². The molecule has 0 saturated carbocycles. The fraction of sp³-hybridized carbons (Fsp3) is 0.909. The lowest BCUT2D eigenvalue weighted by molar-refractivity contribution is -0.134. The Morgan fingerprint density at radius 2 is 2.06 bits per heavy atom. The molecule has 1 unspecified atom stereocenters. The van der Waals surface area contributed by atoms with Crippen LogP contribution in [-0.2, 0) is 14.6 Å². The SMILES string of the molecule is CN(C(=O)[C@@H]1CCCCN1)C1CCS(=O)(=O)C1. The van der Waals surface area contributed by atoms with E-state index in [0.717, 1.165) is 25.8 Å². The molecule has 2 saturated heterocycles. The van der Waals surface area contributed by atoms with Gasteiger partial charge in [0.15, 0.2) is 9.84 Å². The van der Waals surface area contributed by atoms with Crippen LogP contribution in [0.15, 0.2) is 0 Å². The number of rotatable bonds is 2. The first-order valence-corrected chi connectivity index (χ1v) is 8.02. The van der Waals surface area contributed by atoms with E-state index in [1.807, 2.05) is 0 Å². The number of nitrogens with zero attached hydrogens (tertiary/aromatic N) is 1. The third-order valence-corrected chi connectivity index (χ3v) is 5.46. The van der Waals surface area contributed by atoms with Crippen molar-refractivity contribution < 1.29 is 13.2 Å². The van der Waals surface area contributed by atoms with Crippen LogP contribution >= 0.6 is 0 Å². The van der Waals surface area contributed by atoms with Crippen LogP contribution in [0, 0.1) is 0 Å². The molecule has 0 aromatic carbocycles. The number of carbonyl (C=O) groups excluding carboxylic acids is 1. The van der Waals surface area contributed by atoms with Gasteiger partial charge < -0.3 is 10.2 Å². The number of carbonyl (C=O) groups is 1. The van der Waals surface area contributed by atoms with Crippen LogP contribution in [0.25, 0.3) is 0 Å². The Morgan fingerprint density at radius 1 is 1.29 bits per heavy atom. The zero-order valence-corrected chi connectivity index (χ0v) is 11.0. The number of amides is 1. The fourth-order valence-corrected chi connectivity index (χ4v) is 4.34. The molecule has 0 aliphatic carbocycles. The second-order valence-electron chi connectivity index (χ2n) is 5.01. The molecule has 0 bridgehead atoms. The predicted octanol–water partition coefficient (Wildman–Crippen LogP) is -0.226. The summed E-state index contributed by atoms with van der Waals surface area (Å²) in [7, 11) is -1.19. The monoisotopic (exact) mass is 260 g/mol. The van der Waals surface area contributed by atoms with Crippen LogP contribution < -0.4 is 5.32 Å². The zero-order valence-electron chi connectivity index (χ0n) is 10.2. The smallest absolute Gasteiger partial charge is 0.239 e. The topological polar surface area (TPSA) is 66.5 Å². The molecule has 5 nitrogen and oxygen atoms in total. The van der Waals surface area contributed by atoms with Crippen molar-refractivity contribution >= 4 is 15.7 Å². The largest absolute Gasteiger partial charge is 0.340 e. The normalized spacial score (nSPS) is 32.3. The average Bonchev–Trinajstić information content (AvgIpc) is 2.69. The third-order valence-electron chi connectivity index (χ3n) is 3.71. The molecule has 2 heterocycles. The van der Waals surface area contributed by atoms with Gasteiger partial charge in [-0.1, -0.05) is 6.42 Å². The van der Waals surface area contributed by atoms with E-state index < -0.39 is 9.84 Å². The summed E-state index contributed by atoms with van der Waals surface area (Å²) in [6.07, 6.45) is 3.63. The zero-order chi connectivity index (χ0) is 12.5. The lowest BCUT2D eigenvalue weighted by atomic mass is 10.0. The van der Waals surface area contributed by atoms with Crippen molar-refractivity contribution in [3.63, 3.8) is 0 Å². The van der Waals surface area contributed by atoms with Crippen molar-refractivity contribution in [2.24, 2.45) is 0 Å². The van der Waals surface area contributed by atoms with E-state index in [1.165, 1.54) is 0 Å². The number of hydrogen-bond acceptors (Lipinski definition) is 4. The highest BCUT2D eigenvalue weighted by atomic mass is 32.2. The van der Waals surface area contributed by atoms with Gasteiger partial charge in [0, 0.05) is 13.1 Å². The van der Waals surface area contributed by atoms with Crippen molar-refractivity contribution in [3.05, 3.63) is 0 Å². The van der Waals surface area contributed by atoms with Crippen LogP contribution in [-0.4, -0.2) is 56.4 Å². The van der Waals surface area contributed by atoms with Crippen LogP contribution in [0.4, 0.5) is 0 Å². The summed E-state index contributed by atoms with van der Waals surface area (Å²) in [6, 6.07) is -0.242. The molecule has 2 aliphatic heterocycles. The average molecular weight is 260 g/mol. The quantitative estimate of drug-likeness (QED) is 0.745. The molecular weight excluding hydrogens is 240 g/mol. The molecule has 1 amide bonds. The van der Waals surface area contributed by atoms with Crippen molar-refractivity contribution in [2.45, 2.75) is 37.8 Å². The summed E-state index contributed by atoms with van der Waals surface area (Å²) < 4.78 is 22.8. The Kier molecular flexibility index (Phi) is 3.73. The highest BCUT2D eigenvalue weighted by molar-refractivity contribution is 7.91. The first-order valence-electron chi connectivity index (χ1n) is 6.20. The third kappa shape index (κ3) is 2.98. The molecule has 0 radical (unpaired) electrons. The van der Waals surface area contributed by atoms with Crippen molar-refractivity contribution in [1.29, 1.82) is 0 Å². The van der Waals surface area contributed by atoms with Gasteiger partial charge in [0.1, 0.15) is 0 Å². The van der Waals surface area contributed by atoms with E-state index in [-0.39, 0.29) is 29.5 Å². The van der Waals surface area contributed by atoms with E-state index >= 15 is 0 Å². The molecule has 2 aliphatic rings. The second kappa shape index (κ2) is 4.94. The summed E-state index contributed by atoms with van der Waals surface area (Å²) in [4.78, 5) is 13.8. The van der Waals surface area contributed by atoms with Gasteiger partial charge in [-0.15, -0.1) is 0 Å². The second-order valence-corrected chi connectivity index (χ2v) is 7.24. The molecule has 17 heavy (non-hydrogen) atoms. The van der Waals surface area contributed by atoms with E-state index in [4.69, 9.17) is 0 Å². The van der Waals surface area contributed by atoms with Gasteiger partial charge in [-0.05, 0) is 25.8 Å². The van der Waals surface area contributed by atoms with Crippen LogP contribution in [0.5, 0.6) is 0 Å². The molecule has 1 N–H and O–H groups in total. The minimum Gasteiger partial charge on any atom is -0.340 e. The maximum atomic E-state index is 12.2. The summed E-state index contributed by atoms with van der Waals surface area (Å²) in [5.74, 6) is 0.391. The molecule has 2 fully saturated rings. The van der Waals surface area contributed by atoms with Gasteiger partial charge >= 0.3 is 0 Å². The first-order chi connectivity index (χ1) is 7.99. The van der Waals surface area contributed by atoms with Crippen molar-refractivity contribution in [2.75, 3.05) is 25.1 Å². The molecule has 0 spiro atoms. The minimum atomic E-state index is -2.92. The van der Waals surface area contributed by atoms with Gasteiger partial charge in [-0.25, -0.2) is 8.42 Å². The minimum absolute atomic E-state index is 0.0480. The molecule has 2 rings (SSSR count). The molecule has 0 aromatic rings. The number of piperidine rings is 1. The number of sulfone groups is 1. The maximum absolute atomic E-state index is 12.2. The van der Waals surface area contributed by atoms with Gasteiger partial charge in [0.05, 0.1) is 17.5 Å². The number of hydrogen-bond donors (Lipinski definition) is 1. The molecule has 6 heteroatoms. The van der Waals surface area contributed by atoms with Crippen LogP contribution in [0.1, 0.15) is 25.7 Å². The molecular formula is C11H20N2O3S. The predicted molar refractivity (Wildman–Crippen MR) is 65.5 cm³/mol. The number of nitrogens with one attached hydrogen (secondary N) is 1. The van der Waals surface area contributed by atoms with Crippen LogP contribution in [0.2, 0.25) is 0 Å². The maximum Gasteiger partial charge on any atom is 0.239 e. The lowest BCUT2D eigenvalue weighted by Crippen LogP contribution is -2.50. The summed E-state index contributed by atoms with van der Waals surface area (Å²) >= 11 is 0. The summed E-state index contributed by atoms with van der Waals surface area (Å²) in [6.45, 7) is 0.882. The van der Waals surface area contributed by atoms with Gasteiger partial charge in [0.25, 0.3) is 0 Å². The highest BCUT2D eigenvalue weighted by Gasteiger charge is 2.35. The fourth-order valence-electron chi connectivity index (χ4n) is 2.57. The van der Waals surface area contributed by atoms with E-state index in [9.17, 15) is 13.2 Å². The Labute approximate surface area is 102 Å². The summed E-state index contributed by atoms with van der Waals surface area (Å²) in [5.41, 5.74) is 0. The Morgan fingerprint density at radius 3 is 2.59 bits per heavy atom.